The van der Waals surface area contributed by atoms with Crippen molar-refractivity contribution in [1.82, 2.24) is 9.78 Å². The highest BCUT2D eigenvalue weighted by molar-refractivity contribution is 7.17. The second-order valence-electron chi connectivity index (χ2n) is 6.54. The molecule has 152 valence electrons. The van der Waals surface area contributed by atoms with Crippen LogP contribution in [0.2, 0.25) is 0 Å². The second-order valence-corrected chi connectivity index (χ2v) is 7.65. The molecule has 0 aliphatic heterocycles. The van der Waals surface area contributed by atoms with Gasteiger partial charge in [0.15, 0.2) is 5.69 Å². The van der Waals surface area contributed by atoms with Crippen molar-refractivity contribution in [2.75, 3.05) is 11.9 Å². The first-order valence-corrected chi connectivity index (χ1v) is 9.78. The molecule has 0 unspecified atom stereocenters. The Labute approximate surface area is 163 Å². The molecule has 2 aromatic heterocycles. The fourth-order valence-corrected chi connectivity index (χ4v) is 4.39. The molecule has 6 nitrogen and oxygen atoms in total. The van der Waals surface area contributed by atoms with Gasteiger partial charge in [0.2, 0.25) is 0 Å². The standard InChI is InChI=1S/C18H20F3N3O3S/c1-3-8-27-17(26)14-10-6-4-5-7-12(10)28-16(14)22-15(25)11-9-13(18(19,20)21)23-24(11)2/h9H,3-8H2,1-2H3,(H,22,25). The molecule has 0 bridgehead atoms. The van der Waals surface area contributed by atoms with E-state index in [0.29, 0.717) is 29.5 Å². The zero-order chi connectivity index (χ0) is 20.5. The van der Waals surface area contributed by atoms with E-state index < -0.39 is 23.7 Å². The van der Waals surface area contributed by atoms with Crippen LogP contribution in [0.25, 0.3) is 0 Å². The van der Waals surface area contributed by atoms with Gasteiger partial charge in [0.05, 0.1) is 12.2 Å². The minimum atomic E-state index is -4.65. The number of rotatable bonds is 5. The molecule has 10 heteroatoms. The Morgan fingerprint density at radius 3 is 2.68 bits per heavy atom. The summed E-state index contributed by atoms with van der Waals surface area (Å²) in [5, 5.41) is 6.26. The molecule has 1 aliphatic carbocycles. The molecule has 3 rings (SSSR count). The van der Waals surface area contributed by atoms with Gasteiger partial charge in [0.25, 0.3) is 5.91 Å². The number of amides is 1. The molecule has 0 radical (unpaired) electrons. The number of hydrogen-bond donors (Lipinski definition) is 1. The third-order valence-electron chi connectivity index (χ3n) is 4.44. The molecular formula is C18H20F3N3O3S. The number of carbonyl (C=O) groups is 2. The number of anilines is 1. The lowest BCUT2D eigenvalue weighted by atomic mass is 9.95. The molecule has 0 aromatic carbocycles. The third-order valence-corrected chi connectivity index (χ3v) is 5.65. The molecule has 28 heavy (non-hydrogen) atoms. The maximum Gasteiger partial charge on any atom is 0.435 e. The first-order chi connectivity index (χ1) is 13.2. The fraction of sp³-hybridized carbons (Fsp3) is 0.500. The van der Waals surface area contributed by atoms with Gasteiger partial charge >= 0.3 is 12.1 Å². The molecule has 0 saturated heterocycles. The van der Waals surface area contributed by atoms with E-state index in [-0.39, 0.29) is 12.3 Å². The van der Waals surface area contributed by atoms with Crippen molar-refractivity contribution in [3.63, 3.8) is 0 Å². The van der Waals surface area contributed by atoms with Gasteiger partial charge < -0.3 is 10.1 Å². The second kappa shape index (κ2) is 7.94. The number of hydrogen-bond acceptors (Lipinski definition) is 5. The van der Waals surface area contributed by atoms with Gasteiger partial charge in [-0.3, -0.25) is 9.48 Å². The molecule has 1 N–H and O–H groups in total. The number of alkyl halides is 3. The van der Waals surface area contributed by atoms with E-state index >= 15 is 0 Å². The summed E-state index contributed by atoms with van der Waals surface area (Å²) in [7, 11) is 1.26. The van der Waals surface area contributed by atoms with Crippen LogP contribution < -0.4 is 5.32 Å². The van der Waals surface area contributed by atoms with Crippen molar-refractivity contribution >= 4 is 28.2 Å². The van der Waals surface area contributed by atoms with E-state index in [2.05, 4.69) is 10.4 Å². The normalized spacial score (nSPS) is 13.9. The number of thiophene rings is 1. The number of aryl methyl sites for hydroxylation is 2. The maximum atomic E-state index is 12.8. The Kier molecular flexibility index (Phi) is 5.78. The smallest absolute Gasteiger partial charge is 0.435 e. The lowest BCUT2D eigenvalue weighted by Gasteiger charge is -2.12. The number of aromatic nitrogens is 2. The summed E-state index contributed by atoms with van der Waals surface area (Å²) in [6.45, 7) is 2.13. The highest BCUT2D eigenvalue weighted by Gasteiger charge is 2.36. The van der Waals surface area contributed by atoms with Crippen LogP contribution >= 0.6 is 11.3 Å². The van der Waals surface area contributed by atoms with E-state index in [0.717, 1.165) is 34.4 Å². The van der Waals surface area contributed by atoms with Gasteiger partial charge in [-0.05, 0) is 37.7 Å². The van der Waals surface area contributed by atoms with Crippen LogP contribution in [0.5, 0.6) is 0 Å². The zero-order valence-electron chi connectivity index (χ0n) is 15.5. The number of carbonyl (C=O) groups excluding carboxylic acids is 2. The van der Waals surface area contributed by atoms with Crippen molar-refractivity contribution in [3.05, 3.63) is 33.5 Å². The van der Waals surface area contributed by atoms with Crippen LogP contribution in [0.1, 0.15) is 63.2 Å². The molecule has 1 aliphatic rings. The molecule has 0 atom stereocenters. The largest absolute Gasteiger partial charge is 0.462 e. The van der Waals surface area contributed by atoms with E-state index in [1.807, 2.05) is 6.92 Å². The van der Waals surface area contributed by atoms with Crippen LogP contribution in [-0.4, -0.2) is 28.3 Å². The highest BCUT2D eigenvalue weighted by atomic mass is 32.1. The minimum absolute atomic E-state index is 0.244. The molecule has 2 heterocycles. The van der Waals surface area contributed by atoms with Gasteiger partial charge in [-0.2, -0.15) is 18.3 Å². The van der Waals surface area contributed by atoms with Crippen LogP contribution in [0.4, 0.5) is 18.2 Å². The van der Waals surface area contributed by atoms with Crippen molar-refractivity contribution in [3.8, 4) is 0 Å². The lowest BCUT2D eigenvalue weighted by Crippen LogP contribution is -2.18. The first kappa shape index (κ1) is 20.4. The van der Waals surface area contributed by atoms with Gasteiger partial charge in [0, 0.05) is 18.0 Å². The Hall–Kier alpha value is -2.36. The van der Waals surface area contributed by atoms with Gasteiger partial charge in [-0.15, -0.1) is 11.3 Å². The van der Waals surface area contributed by atoms with Crippen LogP contribution in [-0.2, 0) is 30.8 Å². The third kappa shape index (κ3) is 4.06. The van der Waals surface area contributed by atoms with Crippen molar-refractivity contribution < 1.29 is 27.5 Å². The van der Waals surface area contributed by atoms with E-state index in [4.69, 9.17) is 4.74 Å². The van der Waals surface area contributed by atoms with E-state index in [1.165, 1.54) is 18.4 Å². The molecule has 0 spiro atoms. The first-order valence-electron chi connectivity index (χ1n) is 8.96. The molecule has 1 amide bonds. The predicted octanol–water partition coefficient (Wildman–Crippen LogP) is 4.20. The predicted molar refractivity (Wildman–Crippen MR) is 97.7 cm³/mol. The van der Waals surface area contributed by atoms with Gasteiger partial charge in [-0.1, -0.05) is 6.92 Å². The summed E-state index contributed by atoms with van der Waals surface area (Å²) in [5.41, 5.74) is -0.201. The Balaban J connectivity index is 1.91. The van der Waals surface area contributed by atoms with Crippen LogP contribution in [0.15, 0.2) is 6.07 Å². The monoisotopic (exact) mass is 415 g/mol. The quantitative estimate of drug-likeness (QED) is 0.743. The fourth-order valence-electron chi connectivity index (χ4n) is 3.12. The average Bonchev–Trinajstić information content (AvgIpc) is 3.19. The topological polar surface area (TPSA) is 73.2 Å². The number of ether oxygens (including phenoxy) is 1. The molecule has 0 saturated carbocycles. The lowest BCUT2D eigenvalue weighted by molar-refractivity contribution is -0.141. The zero-order valence-corrected chi connectivity index (χ0v) is 16.3. The minimum Gasteiger partial charge on any atom is -0.462 e. The average molecular weight is 415 g/mol. The summed E-state index contributed by atoms with van der Waals surface area (Å²) in [6.07, 6.45) is -0.554. The number of nitrogens with zero attached hydrogens (tertiary/aromatic N) is 2. The number of nitrogens with one attached hydrogen (secondary N) is 1. The SMILES string of the molecule is CCCOC(=O)c1c(NC(=O)c2cc(C(F)(F)F)nn2C)sc2c1CCCC2. The van der Waals surface area contributed by atoms with Crippen molar-refractivity contribution in [1.29, 1.82) is 0 Å². The number of fused-ring (bicyclic) bond motifs is 1. The van der Waals surface area contributed by atoms with Crippen LogP contribution in [0.3, 0.4) is 0 Å². The summed E-state index contributed by atoms with van der Waals surface area (Å²) in [6, 6.07) is 0.692. The summed E-state index contributed by atoms with van der Waals surface area (Å²) >= 11 is 1.28. The number of halogens is 3. The Morgan fingerprint density at radius 1 is 1.32 bits per heavy atom. The summed E-state index contributed by atoms with van der Waals surface area (Å²) < 4.78 is 44.7. The van der Waals surface area contributed by atoms with Crippen LogP contribution in [0, 0.1) is 0 Å². The van der Waals surface area contributed by atoms with E-state index in [9.17, 15) is 22.8 Å². The van der Waals surface area contributed by atoms with E-state index in [1.54, 1.807) is 0 Å². The Morgan fingerprint density at radius 2 is 2.04 bits per heavy atom. The summed E-state index contributed by atoms with van der Waals surface area (Å²) in [5.74, 6) is -1.27. The summed E-state index contributed by atoms with van der Waals surface area (Å²) in [4.78, 5) is 26.1. The Bertz CT molecular complexity index is 902. The molecule has 2 aromatic rings. The maximum absolute atomic E-state index is 12.8. The molecule has 0 fully saturated rings. The van der Waals surface area contributed by atoms with Crippen molar-refractivity contribution in [2.45, 2.75) is 45.2 Å². The highest BCUT2D eigenvalue weighted by Crippen LogP contribution is 2.39. The van der Waals surface area contributed by atoms with Crippen molar-refractivity contribution in [2.24, 2.45) is 7.05 Å². The molecular weight excluding hydrogens is 395 g/mol. The van der Waals surface area contributed by atoms with Gasteiger partial charge in [0.1, 0.15) is 10.7 Å². The van der Waals surface area contributed by atoms with Gasteiger partial charge in [-0.25, -0.2) is 4.79 Å². The number of esters is 1.